The van der Waals surface area contributed by atoms with Crippen molar-refractivity contribution in [2.75, 3.05) is 37.7 Å². The van der Waals surface area contributed by atoms with Crippen LogP contribution in [-0.2, 0) is 6.42 Å². The van der Waals surface area contributed by atoms with E-state index in [1.165, 1.54) is 12.0 Å². The number of aliphatic imine (C=N–C) groups is 1. The second-order valence-corrected chi connectivity index (χ2v) is 8.09. The molecule has 4 nitrogen and oxygen atoms in total. The van der Waals surface area contributed by atoms with Crippen LogP contribution in [0.25, 0.3) is 0 Å². The first-order valence-electron chi connectivity index (χ1n) is 9.06. The van der Waals surface area contributed by atoms with Crippen molar-refractivity contribution in [2.24, 2.45) is 10.9 Å². The molecule has 0 aliphatic carbocycles. The molecular formula is C19H30IN3OS. The second-order valence-electron chi connectivity index (χ2n) is 6.99. The van der Waals surface area contributed by atoms with Gasteiger partial charge in [-0.2, -0.15) is 11.8 Å². The average molecular weight is 475 g/mol. The van der Waals surface area contributed by atoms with Crippen LogP contribution in [0.1, 0.15) is 25.3 Å². The largest absolute Gasteiger partial charge is 0.387 e. The third kappa shape index (κ3) is 6.03. The summed E-state index contributed by atoms with van der Waals surface area (Å²) in [5.74, 6) is 3.51. The molecule has 2 N–H and O–H groups in total. The molecule has 0 radical (unpaired) electrons. The normalized spacial score (nSPS) is 26.6. The van der Waals surface area contributed by atoms with Crippen LogP contribution in [0.5, 0.6) is 0 Å². The Kier molecular flexibility index (Phi) is 8.35. The zero-order valence-corrected chi connectivity index (χ0v) is 18.1. The number of nitrogens with one attached hydrogen (secondary N) is 1. The summed E-state index contributed by atoms with van der Waals surface area (Å²) < 4.78 is 0. The van der Waals surface area contributed by atoms with Crippen molar-refractivity contribution in [2.45, 2.75) is 31.8 Å². The fourth-order valence-electron chi connectivity index (χ4n) is 3.51. The Morgan fingerprint density at radius 3 is 2.88 bits per heavy atom. The lowest BCUT2D eigenvalue weighted by Crippen LogP contribution is -2.42. The lowest BCUT2D eigenvalue weighted by Gasteiger charge is -2.24. The average Bonchev–Trinajstić information content (AvgIpc) is 3.22. The van der Waals surface area contributed by atoms with Crippen LogP contribution < -0.4 is 5.32 Å². The van der Waals surface area contributed by atoms with Gasteiger partial charge in [0.15, 0.2) is 5.96 Å². The van der Waals surface area contributed by atoms with Crippen LogP contribution in [0.15, 0.2) is 35.3 Å². The number of halogens is 1. The Labute approximate surface area is 172 Å². The molecule has 0 amide bonds. The fourth-order valence-corrected chi connectivity index (χ4v) is 4.79. The summed E-state index contributed by atoms with van der Waals surface area (Å²) in [6, 6.07) is 10.7. The smallest absolute Gasteiger partial charge is 0.194 e. The van der Waals surface area contributed by atoms with E-state index >= 15 is 0 Å². The summed E-state index contributed by atoms with van der Waals surface area (Å²) in [4.78, 5) is 7.12. The van der Waals surface area contributed by atoms with Gasteiger partial charge in [0, 0.05) is 25.4 Å². The van der Waals surface area contributed by atoms with Crippen molar-refractivity contribution in [3.8, 4) is 0 Å². The Bertz CT molecular complexity index is 549. The maximum Gasteiger partial charge on any atom is 0.194 e. The number of guanidine groups is 1. The van der Waals surface area contributed by atoms with Crippen LogP contribution >= 0.6 is 35.7 Å². The monoisotopic (exact) mass is 475 g/mol. The number of hydrogen-bond acceptors (Lipinski definition) is 3. The van der Waals surface area contributed by atoms with Gasteiger partial charge in [-0.05, 0) is 43.4 Å². The number of rotatable bonds is 5. The highest BCUT2D eigenvalue weighted by Crippen LogP contribution is 2.28. The van der Waals surface area contributed by atoms with Crippen molar-refractivity contribution in [1.82, 2.24) is 10.2 Å². The molecule has 2 saturated heterocycles. The molecule has 3 rings (SSSR count). The molecule has 0 bridgehead atoms. The molecule has 1 aromatic carbocycles. The molecule has 2 heterocycles. The molecule has 2 fully saturated rings. The minimum atomic E-state index is -0.603. The van der Waals surface area contributed by atoms with E-state index in [2.05, 4.69) is 47.5 Å². The van der Waals surface area contributed by atoms with Gasteiger partial charge in [-0.1, -0.05) is 30.3 Å². The third-order valence-corrected chi connectivity index (χ3v) is 6.13. The standard InChI is InChI=1S/C19H29N3OS.HI/c1-2-20-18(21-14-19(23)9-11-24-15-19)22-10-8-17(13-22)12-16-6-4-3-5-7-16;/h3-7,17,23H,2,8-15H2,1H3,(H,20,21);1H. The first-order valence-corrected chi connectivity index (χ1v) is 10.2. The van der Waals surface area contributed by atoms with Crippen molar-refractivity contribution in [1.29, 1.82) is 0 Å². The van der Waals surface area contributed by atoms with Gasteiger partial charge >= 0.3 is 0 Å². The van der Waals surface area contributed by atoms with Gasteiger partial charge in [0.05, 0.1) is 12.1 Å². The molecule has 2 atom stereocenters. The molecule has 1 aromatic rings. The van der Waals surface area contributed by atoms with Gasteiger partial charge in [-0.15, -0.1) is 24.0 Å². The lowest BCUT2D eigenvalue weighted by atomic mass is 9.99. The van der Waals surface area contributed by atoms with Crippen molar-refractivity contribution in [3.63, 3.8) is 0 Å². The zero-order valence-electron chi connectivity index (χ0n) is 15.0. The predicted octanol–water partition coefficient (Wildman–Crippen LogP) is 3.00. The van der Waals surface area contributed by atoms with Gasteiger partial charge in [-0.25, -0.2) is 0 Å². The van der Waals surface area contributed by atoms with Crippen molar-refractivity contribution >= 4 is 41.7 Å². The van der Waals surface area contributed by atoms with Crippen LogP contribution in [0, 0.1) is 5.92 Å². The second kappa shape index (κ2) is 10.0. The minimum absolute atomic E-state index is 0. The molecule has 2 aliphatic heterocycles. The van der Waals surface area contributed by atoms with Gasteiger partial charge in [0.25, 0.3) is 0 Å². The lowest BCUT2D eigenvalue weighted by molar-refractivity contribution is 0.0776. The summed E-state index contributed by atoms with van der Waals surface area (Å²) in [5, 5.41) is 13.9. The van der Waals surface area contributed by atoms with Crippen LogP contribution in [0.3, 0.4) is 0 Å². The minimum Gasteiger partial charge on any atom is -0.387 e. The Hall–Kier alpha value is -0.470. The number of hydrogen-bond donors (Lipinski definition) is 2. The summed E-state index contributed by atoms with van der Waals surface area (Å²) in [6.07, 6.45) is 3.20. The molecular weight excluding hydrogens is 445 g/mol. The molecule has 6 heteroatoms. The van der Waals surface area contributed by atoms with Crippen LogP contribution in [0.4, 0.5) is 0 Å². The van der Waals surface area contributed by atoms with E-state index in [9.17, 15) is 5.11 Å². The van der Waals surface area contributed by atoms with E-state index in [1.54, 1.807) is 0 Å². The molecule has 0 saturated carbocycles. The molecule has 0 spiro atoms. The highest BCUT2D eigenvalue weighted by atomic mass is 127. The van der Waals surface area contributed by atoms with E-state index in [0.29, 0.717) is 12.5 Å². The number of aliphatic hydroxyl groups is 1. The Morgan fingerprint density at radius 1 is 1.40 bits per heavy atom. The van der Waals surface area contributed by atoms with Crippen LogP contribution in [0.2, 0.25) is 0 Å². The number of thioether (sulfide) groups is 1. The quantitative estimate of drug-likeness (QED) is 0.391. The Balaban J connectivity index is 0.00000225. The van der Waals surface area contributed by atoms with E-state index in [4.69, 9.17) is 4.99 Å². The number of nitrogens with zero attached hydrogens (tertiary/aromatic N) is 2. The summed E-state index contributed by atoms with van der Waals surface area (Å²) in [5.41, 5.74) is 0.817. The zero-order chi connectivity index (χ0) is 16.8. The van der Waals surface area contributed by atoms with E-state index < -0.39 is 5.60 Å². The Morgan fingerprint density at radius 2 is 2.20 bits per heavy atom. The summed E-state index contributed by atoms with van der Waals surface area (Å²) in [6.45, 7) is 5.59. The molecule has 0 aromatic heterocycles. The first-order chi connectivity index (χ1) is 11.7. The summed E-state index contributed by atoms with van der Waals surface area (Å²) >= 11 is 1.83. The SMILES string of the molecule is CCNC(=NCC1(O)CCSC1)N1CCC(Cc2ccccc2)C1.I. The van der Waals surface area contributed by atoms with E-state index in [0.717, 1.165) is 49.9 Å². The van der Waals surface area contributed by atoms with Gasteiger partial charge in [-0.3, -0.25) is 4.99 Å². The number of benzene rings is 1. The van der Waals surface area contributed by atoms with Crippen LogP contribution in [-0.4, -0.2) is 59.3 Å². The topological polar surface area (TPSA) is 47.9 Å². The van der Waals surface area contributed by atoms with Gasteiger partial charge in [0.2, 0.25) is 0 Å². The highest BCUT2D eigenvalue weighted by molar-refractivity contribution is 14.0. The molecule has 2 aliphatic rings. The van der Waals surface area contributed by atoms with E-state index in [1.807, 2.05) is 11.8 Å². The number of likely N-dealkylation sites (tertiary alicyclic amines) is 1. The highest BCUT2D eigenvalue weighted by Gasteiger charge is 2.32. The predicted molar refractivity (Wildman–Crippen MR) is 118 cm³/mol. The van der Waals surface area contributed by atoms with Gasteiger partial charge < -0.3 is 15.3 Å². The van der Waals surface area contributed by atoms with Crippen molar-refractivity contribution in [3.05, 3.63) is 35.9 Å². The van der Waals surface area contributed by atoms with E-state index in [-0.39, 0.29) is 24.0 Å². The van der Waals surface area contributed by atoms with Gasteiger partial charge in [0.1, 0.15) is 0 Å². The van der Waals surface area contributed by atoms with Crippen molar-refractivity contribution < 1.29 is 5.11 Å². The fraction of sp³-hybridized carbons (Fsp3) is 0.632. The maximum absolute atomic E-state index is 10.5. The maximum atomic E-state index is 10.5. The molecule has 25 heavy (non-hydrogen) atoms. The molecule has 140 valence electrons. The first kappa shape index (κ1) is 20.8. The summed E-state index contributed by atoms with van der Waals surface area (Å²) in [7, 11) is 0. The molecule has 2 unspecified atom stereocenters. The third-order valence-electron chi connectivity index (χ3n) is 4.89.